The third kappa shape index (κ3) is 6.03. The van der Waals surface area contributed by atoms with E-state index < -0.39 is 0 Å². The number of aryl methyl sites for hydroxylation is 2. The van der Waals surface area contributed by atoms with E-state index in [2.05, 4.69) is 57.9 Å². The van der Waals surface area contributed by atoms with Crippen molar-refractivity contribution in [2.45, 2.75) is 36.8 Å². The maximum atomic E-state index is 12.3. The number of hydrogen-bond acceptors (Lipinski definition) is 7. The number of carbonyl (C=O) groups is 1. The Morgan fingerprint density at radius 2 is 1.96 bits per heavy atom. The van der Waals surface area contributed by atoms with Gasteiger partial charge in [-0.1, -0.05) is 35.2 Å². The maximum Gasteiger partial charge on any atom is 0.233 e. The lowest BCUT2D eigenvalue weighted by Crippen LogP contribution is -2.32. The first-order valence-corrected chi connectivity index (χ1v) is 10.7. The summed E-state index contributed by atoms with van der Waals surface area (Å²) in [6.07, 6.45) is 2.47. The molecule has 0 saturated carbocycles. The molecule has 1 aromatic carbocycles. The van der Waals surface area contributed by atoms with Gasteiger partial charge in [-0.15, -0.1) is 10.2 Å². The van der Waals surface area contributed by atoms with E-state index in [4.69, 9.17) is 0 Å². The number of anilines is 2. The SMILES string of the molecule is Cc1cc(C)cc(Nc2nnc(S[C@H](C)C(=O)NCCc3ccccn3)s2)c1. The average molecular weight is 414 g/mol. The van der Waals surface area contributed by atoms with E-state index in [-0.39, 0.29) is 11.2 Å². The van der Waals surface area contributed by atoms with Crippen LogP contribution in [0, 0.1) is 13.8 Å². The molecule has 0 bridgehead atoms. The van der Waals surface area contributed by atoms with Crippen LogP contribution in [0.25, 0.3) is 0 Å². The molecule has 3 aromatic rings. The molecule has 0 aliphatic heterocycles. The van der Waals surface area contributed by atoms with Gasteiger partial charge in [0.1, 0.15) is 0 Å². The molecule has 0 saturated heterocycles. The van der Waals surface area contributed by atoms with Crippen molar-refractivity contribution < 1.29 is 4.79 Å². The Balaban J connectivity index is 1.48. The van der Waals surface area contributed by atoms with E-state index in [0.717, 1.165) is 20.9 Å². The third-order valence-electron chi connectivity index (χ3n) is 3.93. The number of nitrogens with one attached hydrogen (secondary N) is 2. The van der Waals surface area contributed by atoms with Crippen molar-refractivity contribution in [3.05, 3.63) is 59.4 Å². The molecule has 2 heterocycles. The van der Waals surface area contributed by atoms with Crippen molar-refractivity contribution in [3.63, 3.8) is 0 Å². The first-order chi connectivity index (χ1) is 13.5. The predicted molar refractivity (Wildman–Crippen MR) is 115 cm³/mol. The van der Waals surface area contributed by atoms with Crippen molar-refractivity contribution in [2.75, 3.05) is 11.9 Å². The summed E-state index contributed by atoms with van der Waals surface area (Å²) in [6, 6.07) is 12.0. The standard InChI is InChI=1S/C20H23N5OS2/c1-13-10-14(2)12-17(11-13)23-19-24-25-20(28-19)27-15(3)18(26)22-9-7-16-6-4-5-8-21-16/h4-6,8,10-12,15H,7,9H2,1-3H3,(H,22,26)(H,23,24)/t15-/m1/s1. The second-order valence-electron chi connectivity index (χ2n) is 6.50. The molecule has 28 heavy (non-hydrogen) atoms. The van der Waals surface area contributed by atoms with Crippen molar-refractivity contribution in [1.82, 2.24) is 20.5 Å². The number of carbonyl (C=O) groups excluding carboxylic acids is 1. The van der Waals surface area contributed by atoms with Crippen LogP contribution in [0.2, 0.25) is 0 Å². The molecular weight excluding hydrogens is 390 g/mol. The molecule has 6 nitrogen and oxygen atoms in total. The summed E-state index contributed by atoms with van der Waals surface area (Å²) >= 11 is 2.86. The number of rotatable bonds is 8. The Morgan fingerprint density at radius 3 is 2.68 bits per heavy atom. The maximum absolute atomic E-state index is 12.3. The summed E-state index contributed by atoms with van der Waals surface area (Å²) in [4.78, 5) is 16.6. The molecular formula is C20H23N5OS2. The minimum atomic E-state index is -0.245. The molecule has 0 aliphatic carbocycles. The summed E-state index contributed by atoms with van der Waals surface area (Å²) in [5.41, 5.74) is 4.34. The normalized spacial score (nSPS) is 11.8. The monoisotopic (exact) mass is 413 g/mol. The predicted octanol–water partition coefficient (Wildman–Crippen LogP) is 4.13. The minimum Gasteiger partial charge on any atom is -0.355 e. The van der Waals surface area contributed by atoms with Gasteiger partial charge in [-0.25, -0.2) is 0 Å². The molecule has 3 rings (SSSR count). The fraction of sp³-hybridized carbons (Fsp3) is 0.300. The molecule has 1 atom stereocenters. The molecule has 0 unspecified atom stereocenters. The van der Waals surface area contributed by atoms with Crippen molar-refractivity contribution in [1.29, 1.82) is 0 Å². The fourth-order valence-electron chi connectivity index (χ4n) is 2.69. The van der Waals surface area contributed by atoms with Gasteiger partial charge in [0, 0.05) is 30.5 Å². The van der Waals surface area contributed by atoms with Gasteiger partial charge in [0.2, 0.25) is 11.0 Å². The van der Waals surface area contributed by atoms with Gasteiger partial charge in [0.25, 0.3) is 0 Å². The topological polar surface area (TPSA) is 79.8 Å². The zero-order valence-corrected chi connectivity index (χ0v) is 17.7. The van der Waals surface area contributed by atoms with Crippen LogP contribution < -0.4 is 10.6 Å². The molecule has 1 amide bonds. The first-order valence-electron chi connectivity index (χ1n) is 9.03. The zero-order chi connectivity index (χ0) is 19.9. The minimum absolute atomic E-state index is 0.0139. The fourth-order valence-corrected chi connectivity index (χ4v) is 4.63. The Hall–Kier alpha value is -2.45. The number of pyridine rings is 1. The molecule has 0 spiro atoms. The van der Waals surface area contributed by atoms with E-state index >= 15 is 0 Å². The molecule has 0 radical (unpaired) electrons. The Bertz CT molecular complexity index is 909. The number of aromatic nitrogens is 3. The van der Waals surface area contributed by atoms with Crippen LogP contribution in [0.3, 0.4) is 0 Å². The summed E-state index contributed by atoms with van der Waals surface area (Å²) in [5.74, 6) is -0.0139. The second-order valence-corrected chi connectivity index (χ2v) is 9.06. The largest absolute Gasteiger partial charge is 0.355 e. The second kappa shape index (κ2) is 9.66. The van der Waals surface area contributed by atoms with Crippen molar-refractivity contribution in [2.24, 2.45) is 0 Å². The summed E-state index contributed by atoms with van der Waals surface area (Å²) in [6.45, 7) is 6.57. The van der Waals surface area contributed by atoms with Crippen molar-refractivity contribution >= 4 is 39.8 Å². The van der Waals surface area contributed by atoms with Crippen molar-refractivity contribution in [3.8, 4) is 0 Å². The first kappa shape index (κ1) is 20.3. The van der Waals surface area contributed by atoms with Gasteiger partial charge in [-0.2, -0.15) is 0 Å². The molecule has 2 N–H and O–H groups in total. The zero-order valence-electron chi connectivity index (χ0n) is 16.1. The van der Waals surface area contributed by atoms with Crippen LogP contribution in [-0.2, 0) is 11.2 Å². The third-order valence-corrected chi connectivity index (χ3v) is 5.96. The van der Waals surface area contributed by atoms with Gasteiger partial charge < -0.3 is 10.6 Å². The van der Waals surface area contributed by atoms with Gasteiger partial charge in [0.05, 0.1) is 5.25 Å². The molecule has 0 fully saturated rings. The van der Waals surface area contributed by atoms with Crippen LogP contribution in [0.5, 0.6) is 0 Å². The highest BCUT2D eigenvalue weighted by Crippen LogP contribution is 2.30. The van der Waals surface area contributed by atoms with E-state index in [1.54, 1.807) is 6.20 Å². The average Bonchev–Trinajstić information content (AvgIpc) is 3.08. The van der Waals surface area contributed by atoms with Gasteiger partial charge >= 0.3 is 0 Å². The number of nitrogens with zero attached hydrogens (tertiary/aromatic N) is 3. The summed E-state index contributed by atoms with van der Waals surface area (Å²) in [7, 11) is 0. The van der Waals surface area contributed by atoms with Gasteiger partial charge in [-0.05, 0) is 56.2 Å². The number of thioether (sulfide) groups is 1. The molecule has 2 aromatic heterocycles. The molecule has 0 aliphatic rings. The summed E-state index contributed by atoms with van der Waals surface area (Å²) < 4.78 is 0.763. The lowest BCUT2D eigenvalue weighted by molar-refractivity contribution is -0.120. The van der Waals surface area contributed by atoms with Gasteiger partial charge in [-0.3, -0.25) is 9.78 Å². The Morgan fingerprint density at radius 1 is 1.18 bits per heavy atom. The summed E-state index contributed by atoms with van der Waals surface area (Å²) in [5, 5.41) is 15.1. The Kier molecular flexibility index (Phi) is 7.00. The van der Waals surface area contributed by atoms with Crippen LogP contribution in [0.4, 0.5) is 10.8 Å². The van der Waals surface area contributed by atoms with Crippen LogP contribution in [0.15, 0.2) is 46.9 Å². The lowest BCUT2D eigenvalue weighted by Gasteiger charge is -2.10. The van der Waals surface area contributed by atoms with E-state index in [9.17, 15) is 4.79 Å². The molecule has 8 heteroatoms. The Labute approximate surface area is 173 Å². The van der Waals surface area contributed by atoms with Crippen LogP contribution >= 0.6 is 23.1 Å². The quantitative estimate of drug-likeness (QED) is 0.541. The van der Waals surface area contributed by atoms with Crippen LogP contribution in [-0.4, -0.2) is 32.9 Å². The molecule has 146 valence electrons. The van der Waals surface area contributed by atoms with E-state index in [1.807, 2.05) is 25.1 Å². The number of amides is 1. The highest BCUT2D eigenvalue weighted by Gasteiger charge is 2.17. The van der Waals surface area contributed by atoms with Crippen LogP contribution in [0.1, 0.15) is 23.7 Å². The lowest BCUT2D eigenvalue weighted by atomic mass is 10.1. The highest BCUT2D eigenvalue weighted by molar-refractivity contribution is 8.02. The van der Waals surface area contributed by atoms with Gasteiger partial charge in [0.15, 0.2) is 4.34 Å². The number of benzene rings is 1. The van der Waals surface area contributed by atoms with E-state index in [0.29, 0.717) is 13.0 Å². The smallest absolute Gasteiger partial charge is 0.233 e. The van der Waals surface area contributed by atoms with E-state index in [1.165, 1.54) is 34.2 Å². The number of hydrogen-bond donors (Lipinski definition) is 2. The highest BCUT2D eigenvalue weighted by atomic mass is 32.2.